The summed E-state index contributed by atoms with van der Waals surface area (Å²) in [7, 11) is -3.31. The second-order valence-electron chi connectivity index (χ2n) is 5.86. The maximum absolute atomic E-state index is 12.2. The smallest absolute Gasteiger partial charge is 0.224 e. The molecule has 1 amide bonds. The molecule has 0 bridgehead atoms. The van der Waals surface area contributed by atoms with Gasteiger partial charge >= 0.3 is 0 Å². The van der Waals surface area contributed by atoms with Gasteiger partial charge in [-0.3, -0.25) is 9.69 Å². The van der Waals surface area contributed by atoms with Crippen molar-refractivity contribution < 1.29 is 22.7 Å². The van der Waals surface area contributed by atoms with Crippen LogP contribution in [0.5, 0.6) is 0 Å². The van der Waals surface area contributed by atoms with Crippen LogP contribution in [-0.2, 0) is 24.3 Å². The molecule has 2 saturated heterocycles. The first-order chi connectivity index (χ1) is 11.0. The number of ether oxygens (including phenoxy) is 2. The van der Waals surface area contributed by atoms with E-state index in [2.05, 4.69) is 4.90 Å². The van der Waals surface area contributed by atoms with Crippen molar-refractivity contribution >= 4 is 15.9 Å². The van der Waals surface area contributed by atoms with Crippen LogP contribution in [0.15, 0.2) is 0 Å². The van der Waals surface area contributed by atoms with Gasteiger partial charge in [0.1, 0.15) is 0 Å². The van der Waals surface area contributed by atoms with Gasteiger partial charge in [0.05, 0.1) is 32.7 Å². The Morgan fingerprint density at radius 1 is 1.00 bits per heavy atom. The highest BCUT2D eigenvalue weighted by Gasteiger charge is 2.22. The normalized spacial score (nSPS) is 20.9. The van der Waals surface area contributed by atoms with E-state index in [-0.39, 0.29) is 18.9 Å². The number of carbonyl (C=O) groups is 1. The molecule has 0 atom stereocenters. The molecular formula is C14H27N3O5S. The predicted octanol–water partition coefficient (Wildman–Crippen LogP) is -1.17. The molecule has 2 heterocycles. The van der Waals surface area contributed by atoms with Crippen molar-refractivity contribution in [3.8, 4) is 0 Å². The summed E-state index contributed by atoms with van der Waals surface area (Å²) in [5, 5.41) is 0. The average molecular weight is 349 g/mol. The summed E-state index contributed by atoms with van der Waals surface area (Å²) in [6.07, 6.45) is 1.42. The molecule has 0 radical (unpaired) electrons. The Labute approximate surface area is 138 Å². The molecule has 0 aliphatic carbocycles. The fourth-order valence-electron chi connectivity index (χ4n) is 2.71. The van der Waals surface area contributed by atoms with E-state index in [1.807, 2.05) is 0 Å². The summed E-state index contributed by atoms with van der Waals surface area (Å²) in [6, 6.07) is 0. The summed E-state index contributed by atoms with van der Waals surface area (Å²) in [6.45, 7) is 6.63. The van der Waals surface area contributed by atoms with Crippen LogP contribution >= 0.6 is 0 Å². The molecule has 9 heteroatoms. The average Bonchev–Trinajstić information content (AvgIpc) is 2.55. The van der Waals surface area contributed by atoms with Gasteiger partial charge in [0.15, 0.2) is 0 Å². The molecule has 0 unspecified atom stereocenters. The Balaban J connectivity index is 1.79. The van der Waals surface area contributed by atoms with Crippen LogP contribution in [0.1, 0.15) is 6.42 Å². The van der Waals surface area contributed by atoms with Gasteiger partial charge in [-0.15, -0.1) is 0 Å². The number of hydrogen-bond acceptors (Lipinski definition) is 6. The lowest BCUT2D eigenvalue weighted by Crippen LogP contribution is -2.45. The van der Waals surface area contributed by atoms with Crippen LogP contribution in [-0.4, -0.2) is 107 Å². The van der Waals surface area contributed by atoms with E-state index < -0.39 is 10.0 Å². The van der Waals surface area contributed by atoms with E-state index >= 15 is 0 Å². The molecular weight excluding hydrogens is 322 g/mol. The van der Waals surface area contributed by atoms with Crippen molar-refractivity contribution in [3.05, 3.63) is 0 Å². The predicted molar refractivity (Wildman–Crippen MR) is 85.7 cm³/mol. The first-order valence-corrected chi connectivity index (χ1v) is 9.92. The number of morpholine rings is 2. The van der Waals surface area contributed by atoms with E-state index in [9.17, 15) is 13.2 Å². The summed E-state index contributed by atoms with van der Waals surface area (Å²) >= 11 is 0. The highest BCUT2D eigenvalue weighted by Crippen LogP contribution is 2.06. The van der Waals surface area contributed by atoms with Crippen molar-refractivity contribution in [3.63, 3.8) is 0 Å². The van der Waals surface area contributed by atoms with Gasteiger partial charge < -0.3 is 14.4 Å². The third-order valence-electron chi connectivity index (χ3n) is 4.18. The molecule has 0 aromatic heterocycles. The first-order valence-electron chi connectivity index (χ1n) is 8.07. The maximum Gasteiger partial charge on any atom is 0.224 e. The molecule has 2 aliphatic rings. The molecule has 0 saturated carbocycles. The standard InChI is InChI=1S/C14H27N3O5S/c1-23(19,20)17(5-4-15-6-10-21-11-7-15)3-2-14(18)16-8-12-22-13-9-16/h2-13H2,1H3. The van der Waals surface area contributed by atoms with Crippen molar-refractivity contribution in [1.82, 2.24) is 14.1 Å². The molecule has 134 valence electrons. The van der Waals surface area contributed by atoms with Gasteiger partial charge in [-0.1, -0.05) is 0 Å². The van der Waals surface area contributed by atoms with Gasteiger partial charge in [0.2, 0.25) is 15.9 Å². The van der Waals surface area contributed by atoms with Gasteiger partial charge in [0, 0.05) is 52.2 Å². The van der Waals surface area contributed by atoms with E-state index in [0.717, 1.165) is 13.1 Å². The minimum absolute atomic E-state index is 0.00618. The summed E-state index contributed by atoms with van der Waals surface area (Å²) in [4.78, 5) is 16.1. The van der Waals surface area contributed by atoms with Gasteiger partial charge in [-0.05, 0) is 0 Å². The quantitative estimate of drug-likeness (QED) is 0.576. The second kappa shape index (κ2) is 8.93. The van der Waals surface area contributed by atoms with Gasteiger partial charge in [0.25, 0.3) is 0 Å². The second-order valence-corrected chi connectivity index (χ2v) is 7.84. The lowest BCUT2D eigenvalue weighted by atomic mass is 10.3. The van der Waals surface area contributed by atoms with E-state index in [4.69, 9.17) is 9.47 Å². The molecule has 0 N–H and O–H groups in total. The Bertz CT molecular complexity index is 473. The minimum Gasteiger partial charge on any atom is -0.379 e. The van der Waals surface area contributed by atoms with Crippen LogP contribution in [0, 0.1) is 0 Å². The van der Waals surface area contributed by atoms with Crippen LogP contribution < -0.4 is 0 Å². The summed E-state index contributed by atoms with van der Waals surface area (Å²) in [5.41, 5.74) is 0. The first kappa shape index (κ1) is 18.6. The molecule has 0 aromatic rings. The Hall–Kier alpha value is -0.740. The number of amides is 1. The Morgan fingerprint density at radius 3 is 2.13 bits per heavy atom. The minimum atomic E-state index is -3.31. The lowest BCUT2D eigenvalue weighted by Gasteiger charge is -2.30. The summed E-state index contributed by atoms with van der Waals surface area (Å²) in [5.74, 6) is -0.00618. The molecule has 23 heavy (non-hydrogen) atoms. The zero-order valence-electron chi connectivity index (χ0n) is 13.8. The zero-order valence-corrected chi connectivity index (χ0v) is 14.6. The van der Waals surface area contributed by atoms with Crippen LogP contribution in [0.3, 0.4) is 0 Å². The highest BCUT2D eigenvalue weighted by molar-refractivity contribution is 7.88. The molecule has 2 aliphatic heterocycles. The topological polar surface area (TPSA) is 79.4 Å². The molecule has 2 fully saturated rings. The number of carbonyl (C=O) groups excluding carboxylic acids is 1. The third-order valence-corrected chi connectivity index (χ3v) is 5.48. The molecule has 0 spiro atoms. The van der Waals surface area contributed by atoms with E-state index in [1.165, 1.54) is 10.6 Å². The largest absolute Gasteiger partial charge is 0.379 e. The SMILES string of the molecule is CS(=O)(=O)N(CCC(=O)N1CCOCC1)CCN1CCOCC1. The lowest BCUT2D eigenvalue weighted by molar-refractivity contribution is -0.135. The van der Waals surface area contributed by atoms with Crippen LogP contribution in [0.4, 0.5) is 0 Å². The number of hydrogen-bond donors (Lipinski definition) is 0. The number of sulfonamides is 1. The number of rotatable bonds is 7. The van der Waals surface area contributed by atoms with Crippen molar-refractivity contribution in [2.75, 3.05) is 78.5 Å². The third kappa shape index (κ3) is 6.34. The van der Waals surface area contributed by atoms with E-state index in [1.54, 1.807) is 4.90 Å². The zero-order chi connectivity index (χ0) is 16.7. The summed E-state index contributed by atoms with van der Waals surface area (Å²) < 4.78 is 35.8. The molecule has 8 nitrogen and oxygen atoms in total. The molecule has 0 aromatic carbocycles. The van der Waals surface area contributed by atoms with Crippen LogP contribution in [0.2, 0.25) is 0 Å². The Morgan fingerprint density at radius 2 is 1.57 bits per heavy atom. The highest BCUT2D eigenvalue weighted by atomic mass is 32.2. The van der Waals surface area contributed by atoms with Gasteiger partial charge in [-0.2, -0.15) is 0 Å². The fourth-order valence-corrected chi connectivity index (χ4v) is 3.55. The maximum atomic E-state index is 12.2. The van der Waals surface area contributed by atoms with E-state index in [0.29, 0.717) is 52.6 Å². The number of nitrogens with zero attached hydrogens (tertiary/aromatic N) is 3. The van der Waals surface area contributed by atoms with Crippen molar-refractivity contribution in [2.24, 2.45) is 0 Å². The fraction of sp³-hybridized carbons (Fsp3) is 0.929. The Kier molecular flexibility index (Phi) is 7.22. The van der Waals surface area contributed by atoms with Crippen molar-refractivity contribution in [2.45, 2.75) is 6.42 Å². The van der Waals surface area contributed by atoms with Gasteiger partial charge in [-0.25, -0.2) is 12.7 Å². The van der Waals surface area contributed by atoms with Crippen molar-refractivity contribution in [1.29, 1.82) is 0 Å². The monoisotopic (exact) mass is 349 g/mol. The van der Waals surface area contributed by atoms with Crippen LogP contribution in [0.25, 0.3) is 0 Å². The molecule has 2 rings (SSSR count).